The molecule has 0 saturated carbocycles. The molecular weight excluding hydrogens is 302 g/mol. The molecule has 0 aliphatic heterocycles. The molecule has 0 amide bonds. The normalized spacial score (nSPS) is 11.9. The average molecular weight is 322 g/mol. The highest BCUT2D eigenvalue weighted by Crippen LogP contribution is 2.25. The maximum atomic E-state index is 5.98. The molecule has 2 heteroatoms. The van der Waals surface area contributed by atoms with Crippen LogP contribution < -0.4 is 5.32 Å². The third kappa shape index (κ3) is 4.61. The van der Waals surface area contributed by atoms with E-state index in [9.17, 15) is 0 Å². The predicted molar refractivity (Wildman–Crippen MR) is 99.0 cm³/mol. The van der Waals surface area contributed by atoms with E-state index >= 15 is 0 Å². The molecule has 3 rings (SSSR count). The van der Waals surface area contributed by atoms with Crippen molar-refractivity contribution in [3.8, 4) is 0 Å². The highest BCUT2D eigenvalue weighted by atomic mass is 35.5. The van der Waals surface area contributed by atoms with Crippen LogP contribution in [0.4, 0.5) is 5.69 Å². The van der Waals surface area contributed by atoms with Gasteiger partial charge in [-0.2, -0.15) is 0 Å². The molecule has 0 aliphatic carbocycles. The van der Waals surface area contributed by atoms with Gasteiger partial charge in [0.15, 0.2) is 0 Å². The van der Waals surface area contributed by atoms with E-state index in [-0.39, 0.29) is 6.04 Å². The van der Waals surface area contributed by atoms with Crippen molar-refractivity contribution in [2.75, 3.05) is 5.32 Å². The van der Waals surface area contributed by atoms with E-state index in [2.05, 4.69) is 66.0 Å². The van der Waals surface area contributed by atoms with Crippen molar-refractivity contribution in [1.82, 2.24) is 0 Å². The summed E-state index contributed by atoms with van der Waals surface area (Å²) in [7, 11) is 0. The van der Waals surface area contributed by atoms with Crippen LogP contribution >= 0.6 is 11.6 Å². The van der Waals surface area contributed by atoms with Gasteiger partial charge in [0.2, 0.25) is 0 Å². The van der Waals surface area contributed by atoms with Gasteiger partial charge < -0.3 is 5.32 Å². The molecule has 1 N–H and O–H groups in total. The lowest BCUT2D eigenvalue weighted by atomic mass is 9.98. The van der Waals surface area contributed by atoms with Crippen molar-refractivity contribution < 1.29 is 0 Å². The van der Waals surface area contributed by atoms with Crippen molar-refractivity contribution in [2.45, 2.75) is 18.9 Å². The van der Waals surface area contributed by atoms with E-state index in [0.717, 1.165) is 23.6 Å². The lowest BCUT2D eigenvalue weighted by Crippen LogP contribution is -2.11. The first-order valence-corrected chi connectivity index (χ1v) is 8.30. The number of benzene rings is 3. The van der Waals surface area contributed by atoms with Gasteiger partial charge in [-0.3, -0.25) is 0 Å². The van der Waals surface area contributed by atoms with Gasteiger partial charge >= 0.3 is 0 Å². The van der Waals surface area contributed by atoms with Gasteiger partial charge in [-0.1, -0.05) is 72.3 Å². The van der Waals surface area contributed by atoms with Crippen LogP contribution in [-0.4, -0.2) is 0 Å². The van der Waals surface area contributed by atoms with Crippen LogP contribution in [0.5, 0.6) is 0 Å². The summed E-state index contributed by atoms with van der Waals surface area (Å²) < 4.78 is 0. The lowest BCUT2D eigenvalue weighted by molar-refractivity contribution is 0.693. The summed E-state index contributed by atoms with van der Waals surface area (Å²) in [5, 5.41) is 4.39. The van der Waals surface area contributed by atoms with Crippen LogP contribution in [0.1, 0.15) is 23.6 Å². The number of hydrogen-bond donors (Lipinski definition) is 1. The van der Waals surface area contributed by atoms with Crippen LogP contribution in [0.2, 0.25) is 5.02 Å². The average Bonchev–Trinajstić information content (AvgIpc) is 2.62. The molecule has 0 saturated heterocycles. The maximum absolute atomic E-state index is 5.98. The Kier molecular flexibility index (Phi) is 5.33. The summed E-state index contributed by atoms with van der Waals surface area (Å²) >= 11 is 5.98. The minimum absolute atomic E-state index is 0.276. The zero-order chi connectivity index (χ0) is 15.9. The Morgan fingerprint density at radius 3 is 2.00 bits per heavy atom. The number of rotatable bonds is 6. The van der Waals surface area contributed by atoms with Crippen molar-refractivity contribution in [3.63, 3.8) is 0 Å². The molecule has 1 unspecified atom stereocenters. The number of aryl methyl sites for hydroxylation is 1. The zero-order valence-corrected chi connectivity index (χ0v) is 13.7. The first-order valence-electron chi connectivity index (χ1n) is 7.92. The maximum Gasteiger partial charge on any atom is 0.0517 e. The first kappa shape index (κ1) is 15.6. The SMILES string of the molecule is Clc1ccc(NC(CCc2ccccc2)c2ccccc2)cc1. The fraction of sp³-hybridized carbons (Fsp3) is 0.143. The van der Waals surface area contributed by atoms with Gasteiger partial charge in [0, 0.05) is 10.7 Å². The van der Waals surface area contributed by atoms with Gasteiger partial charge in [-0.25, -0.2) is 0 Å². The Morgan fingerprint density at radius 2 is 1.35 bits per heavy atom. The van der Waals surface area contributed by atoms with E-state index in [4.69, 9.17) is 11.6 Å². The summed E-state index contributed by atoms with van der Waals surface area (Å²) in [6, 6.07) is 29.4. The van der Waals surface area contributed by atoms with E-state index < -0.39 is 0 Å². The number of anilines is 1. The first-order chi connectivity index (χ1) is 11.3. The van der Waals surface area contributed by atoms with Gasteiger partial charge in [-0.05, 0) is 48.2 Å². The monoisotopic (exact) mass is 321 g/mol. The lowest BCUT2D eigenvalue weighted by Gasteiger charge is -2.21. The Hall–Kier alpha value is -2.25. The van der Waals surface area contributed by atoms with Crippen LogP contribution in [0.25, 0.3) is 0 Å². The third-order valence-corrected chi connectivity index (χ3v) is 4.20. The molecule has 0 bridgehead atoms. The van der Waals surface area contributed by atoms with Crippen molar-refractivity contribution >= 4 is 17.3 Å². The number of nitrogens with one attached hydrogen (secondary N) is 1. The van der Waals surface area contributed by atoms with Gasteiger partial charge in [0.25, 0.3) is 0 Å². The molecule has 0 radical (unpaired) electrons. The van der Waals surface area contributed by atoms with Gasteiger partial charge in [0.1, 0.15) is 0 Å². The van der Waals surface area contributed by atoms with Gasteiger partial charge in [0.05, 0.1) is 6.04 Å². The van der Waals surface area contributed by atoms with E-state index in [1.54, 1.807) is 0 Å². The molecule has 0 spiro atoms. The molecule has 0 fully saturated rings. The molecule has 1 nitrogen and oxygen atoms in total. The molecule has 0 heterocycles. The highest BCUT2D eigenvalue weighted by Gasteiger charge is 2.11. The Morgan fingerprint density at radius 1 is 0.739 bits per heavy atom. The van der Waals surface area contributed by atoms with E-state index in [1.165, 1.54) is 11.1 Å². The molecule has 0 aromatic heterocycles. The van der Waals surface area contributed by atoms with Crippen molar-refractivity contribution in [3.05, 3.63) is 101 Å². The van der Waals surface area contributed by atoms with E-state index in [0.29, 0.717) is 0 Å². The standard InChI is InChI=1S/C21H20ClN/c22-19-12-14-20(15-13-19)23-21(18-9-5-2-6-10-18)16-11-17-7-3-1-4-8-17/h1-10,12-15,21,23H,11,16H2. The van der Waals surface area contributed by atoms with Crippen LogP contribution in [-0.2, 0) is 6.42 Å². The molecule has 0 aliphatic rings. The predicted octanol–water partition coefficient (Wildman–Crippen LogP) is 6.13. The number of halogens is 1. The topological polar surface area (TPSA) is 12.0 Å². The van der Waals surface area contributed by atoms with Crippen molar-refractivity contribution in [2.24, 2.45) is 0 Å². The molecule has 3 aromatic carbocycles. The molecule has 116 valence electrons. The summed E-state index contributed by atoms with van der Waals surface area (Å²) in [4.78, 5) is 0. The summed E-state index contributed by atoms with van der Waals surface area (Å²) in [5.74, 6) is 0. The molecule has 23 heavy (non-hydrogen) atoms. The Labute approximate surface area is 142 Å². The molecular formula is C21H20ClN. The van der Waals surface area contributed by atoms with Gasteiger partial charge in [-0.15, -0.1) is 0 Å². The minimum Gasteiger partial charge on any atom is -0.378 e. The zero-order valence-electron chi connectivity index (χ0n) is 13.0. The van der Waals surface area contributed by atoms with Crippen LogP contribution in [0.15, 0.2) is 84.9 Å². The van der Waals surface area contributed by atoms with Crippen molar-refractivity contribution in [1.29, 1.82) is 0 Å². The number of hydrogen-bond acceptors (Lipinski definition) is 1. The van der Waals surface area contributed by atoms with Crippen LogP contribution in [0.3, 0.4) is 0 Å². The quantitative estimate of drug-likeness (QED) is 0.576. The largest absolute Gasteiger partial charge is 0.378 e. The Bertz CT molecular complexity index is 708. The summed E-state index contributed by atoms with van der Waals surface area (Å²) in [6.07, 6.45) is 2.08. The third-order valence-electron chi connectivity index (χ3n) is 3.95. The molecule has 3 aromatic rings. The smallest absolute Gasteiger partial charge is 0.0517 e. The second kappa shape index (κ2) is 7.85. The highest BCUT2D eigenvalue weighted by molar-refractivity contribution is 6.30. The summed E-state index contributed by atoms with van der Waals surface area (Å²) in [5.41, 5.74) is 3.76. The fourth-order valence-electron chi connectivity index (χ4n) is 2.71. The Balaban J connectivity index is 1.75. The minimum atomic E-state index is 0.276. The second-order valence-corrected chi connectivity index (χ2v) is 6.08. The second-order valence-electron chi connectivity index (χ2n) is 5.64. The summed E-state index contributed by atoms with van der Waals surface area (Å²) in [6.45, 7) is 0. The van der Waals surface area contributed by atoms with Crippen LogP contribution in [0, 0.1) is 0 Å². The van der Waals surface area contributed by atoms with E-state index in [1.807, 2.05) is 24.3 Å². The molecule has 1 atom stereocenters. The fourth-order valence-corrected chi connectivity index (χ4v) is 2.84.